The monoisotopic (exact) mass is 328 g/mol. The zero-order valence-corrected chi connectivity index (χ0v) is 12.6. The quantitative estimate of drug-likeness (QED) is 0.684. The molecule has 0 unspecified atom stereocenters. The van der Waals surface area contributed by atoms with E-state index in [-0.39, 0.29) is 11.9 Å². The summed E-state index contributed by atoms with van der Waals surface area (Å²) in [6, 6.07) is 10.3. The molecule has 0 bridgehead atoms. The molecule has 7 nitrogen and oxygen atoms in total. The Labute approximate surface area is 135 Å². The van der Waals surface area contributed by atoms with Gasteiger partial charge in [-0.05, 0) is 23.6 Å². The van der Waals surface area contributed by atoms with Gasteiger partial charge in [-0.15, -0.1) is 11.3 Å². The van der Waals surface area contributed by atoms with Crippen LogP contribution in [0.1, 0.15) is 9.67 Å². The first kappa shape index (κ1) is 14.8. The second kappa shape index (κ2) is 5.93. The van der Waals surface area contributed by atoms with E-state index in [0.29, 0.717) is 21.8 Å². The van der Waals surface area contributed by atoms with Crippen molar-refractivity contribution in [2.75, 3.05) is 11.1 Å². The number of anilines is 2. The van der Waals surface area contributed by atoms with Gasteiger partial charge in [-0.2, -0.15) is 0 Å². The fourth-order valence-corrected chi connectivity index (χ4v) is 2.75. The lowest BCUT2D eigenvalue weighted by atomic mass is 10.1. The molecule has 1 amide bonds. The van der Waals surface area contributed by atoms with Crippen LogP contribution < -0.4 is 11.1 Å². The maximum atomic E-state index is 12.1. The molecule has 3 aromatic rings. The third kappa shape index (κ3) is 2.92. The Balaban J connectivity index is 1.92. The highest BCUT2D eigenvalue weighted by molar-refractivity contribution is 7.12. The number of nitrogen functional groups attached to an aromatic ring is 1. The highest BCUT2D eigenvalue weighted by atomic mass is 32.1. The lowest BCUT2D eigenvalue weighted by molar-refractivity contribution is 0.103. The van der Waals surface area contributed by atoms with Crippen LogP contribution in [0.15, 0.2) is 48.0 Å². The Hall–Kier alpha value is -3.13. The largest absolute Gasteiger partial charge is 0.464 e. The zero-order valence-electron chi connectivity index (χ0n) is 11.8. The summed E-state index contributed by atoms with van der Waals surface area (Å²) in [5.41, 5.74) is 7.04. The molecule has 0 atom stereocenters. The molecular formula is C15H12N4O3S. The number of nitrogens with one attached hydrogen (secondary N) is 1. The lowest BCUT2D eigenvalue weighted by Crippen LogP contribution is -2.13. The summed E-state index contributed by atoms with van der Waals surface area (Å²) < 4.78 is 0.889. The zero-order chi connectivity index (χ0) is 16.4. The number of imidazole rings is 1. The summed E-state index contributed by atoms with van der Waals surface area (Å²) in [6.07, 6.45) is 0.159. The number of hydrogen-bond acceptors (Lipinski definition) is 5. The van der Waals surface area contributed by atoms with Crippen molar-refractivity contribution in [3.8, 4) is 11.3 Å². The standard InChI is InChI=1S/C15H12N4O3S/c16-14-17-8-11(19(14)15(21)22)9-3-1-4-10(7-9)18-13(20)12-5-2-6-23-12/h1-8H,(H2,16,17)(H,18,20)(H,21,22). The number of thiophene rings is 1. The third-order valence-electron chi connectivity index (χ3n) is 3.14. The SMILES string of the molecule is Nc1ncc(-c2cccc(NC(=O)c3cccs3)c2)n1C(=O)O. The van der Waals surface area contributed by atoms with Crippen LogP contribution in [0.3, 0.4) is 0 Å². The van der Waals surface area contributed by atoms with E-state index in [1.54, 1.807) is 36.4 Å². The van der Waals surface area contributed by atoms with E-state index in [0.717, 1.165) is 4.57 Å². The van der Waals surface area contributed by atoms with E-state index >= 15 is 0 Å². The van der Waals surface area contributed by atoms with Gasteiger partial charge in [-0.25, -0.2) is 14.3 Å². The van der Waals surface area contributed by atoms with Crippen molar-refractivity contribution < 1.29 is 14.7 Å². The number of benzene rings is 1. The summed E-state index contributed by atoms with van der Waals surface area (Å²) in [4.78, 5) is 27.8. The average Bonchev–Trinajstić information content (AvgIpc) is 3.16. The van der Waals surface area contributed by atoms with Crippen LogP contribution in [-0.4, -0.2) is 26.7 Å². The van der Waals surface area contributed by atoms with Gasteiger partial charge in [0.25, 0.3) is 5.91 Å². The fraction of sp³-hybridized carbons (Fsp3) is 0. The van der Waals surface area contributed by atoms with Crippen molar-refractivity contribution in [3.05, 3.63) is 52.9 Å². The number of carboxylic acid groups (broad SMARTS) is 1. The minimum Gasteiger partial charge on any atom is -0.464 e. The topological polar surface area (TPSA) is 110 Å². The minimum absolute atomic E-state index is 0.111. The highest BCUT2D eigenvalue weighted by Crippen LogP contribution is 2.25. The van der Waals surface area contributed by atoms with Gasteiger partial charge < -0.3 is 16.2 Å². The second-order valence-electron chi connectivity index (χ2n) is 4.63. The van der Waals surface area contributed by atoms with Crippen molar-refractivity contribution in [2.45, 2.75) is 0 Å². The summed E-state index contributed by atoms with van der Waals surface area (Å²) in [5.74, 6) is -0.330. The molecule has 0 saturated carbocycles. The molecule has 1 aromatic carbocycles. The second-order valence-corrected chi connectivity index (χ2v) is 5.58. The molecular weight excluding hydrogens is 316 g/mol. The molecule has 116 valence electrons. The normalized spacial score (nSPS) is 10.4. The van der Waals surface area contributed by atoms with Crippen LogP contribution in [0.2, 0.25) is 0 Å². The molecule has 0 aliphatic rings. The van der Waals surface area contributed by atoms with Gasteiger partial charge in [0, 0.05) is 11.3 Å². The number of aromatic nitrogens is 2. The molecule has 8 heteroatoms. The molecule has 0 saturated heterocycles. The third-order valence-corrected chi connectivity index (χ3v) is 4.01. The Morgan fingerprint density at radius 2 is 2.09 bits per heavy atom. The van der Waals surface area contributed by atoms with Crippen molar-refractivity contribution in [1.29, 1.82) is 0 Å². The molecule has 0 radical (unpaired) electrons. The minimum atomic E-state index is -1.22. The van der Waals surface area contributed by atoms with Gasteiger partial charge in [-0.3, -0.25) is 4.79 Å². The van der Waals surface area contributed by atoms with Gasteiger partial charge >= 0.3 is 6.09 Å². The number of rotatable bonds is 3. The first-order chi connectivity index (χ1) is 11.1. The number of carbonyl (C=O) groups excluding carboxylic acids is 1. The first-order valence-electron chi connectivity index (χ1n) is 6.58. The van der Waals surface area contributed by atoms with Crippen LogP contribution in [-0.2, 0) is 0 Å². The Morgan fingerprint density at radius 1 is 1.26 bits per heavy atom. The smallest absolute Gasteiger partial charge is 0.418 e. The first-order valence-corrected chi connectivity index (χ1v) is 7.46. The van der Waals surface area contributed by atoms with Crippen LogP contribution >= 0.6 is 11.3 Å². The molecule has 0 spiro atoms. The predicted octanol–water partition coefficient (Wildman–Crippen LogP) is 2.97. The van der Waals surface area contributed by atoms with Crippen molar-refractivity contribution >= 4 is 35.0 Å². The average molecular weight is 328 g/mol. The van der Waals surface area contributed by atoms with Crippen molar-refractivity contribution in [1.82, 2.24) is 9.55 Å². The van der Waals surface area contributed by atoms with E-state index in [1.165, 1.54) is 17.5 Å². The van der Waals surface area contributed by atoms with E-state index < -0.39 is 6.09 Å². The summed E-state index contributed by atoms with van der Waals surface area (Å²) in [6.45, 7) is 0. The van der Waals surface area contributed by atoms with Gasteiger partial charge in [-0.1, -0.05) is 18.2 Å². The molecule has 0 fully saturated rings. The Bertz CT molecular complexity index is 871. The van der Waals surface area contributed by atoms with Gasteiger partial charge in [0.1, 0.15) is 0 Å². The van der Waals surface area contributed by atoms with Crippen LogP contribution in [0.4, 0.5) is 16.4 Å². The number of carbonyl (C=O) groups is 2. The van der Waals surface area contributed by atoms with Gasteiger partial charge in [0.15, 0.2) is 0 Å². The van der Waals surface area contributed by atoms with Crippen LogP contribution in [0.25, 0.3) is 11.3 Å². The van der Waals surface area contributed by atoms with Gasteiger partial charge in [0.2, 0.25) is 5.95 Å². The van der Waals surface area contributed by atoms with Crippen LogP contribution in [0, 0.1) is 0 Å². The summed E-state index contributed by atoms with van der Waals surface area (Å²) in [7, 11) is 0. The Kier molecular flexibility index (Phi) is 3.82. The molecule has 23 heavy (non-hydrogen) atoms. The molecule has 2 heterocycles. The molecule has 2 aromatic heterocycles. The molecule has 0 aliphatic carbocycles. The summed E-state index contributed by atoms with van der Waals surface area (Å²) >= 11 is 1.34. The van der Waals surface area contributed by atoms with E-state index in [2.05, 4.69) is 10.3 Å². The maximum Gasteiger partial charge on any atom is 0.418 e. The van der Waals surface area contributed by atoms with E-state index in [4.69, 9.17) is 5.73 Å². The highest BCUT2D eigenvalue weighted by Gasteiger charge is 2.15. The fourth-order valence-electron chi connectivity index (χ4n) is 2.13. The van der Waals surface area contributed by atoms with Crippen molar-refractivity contribution in [3.63, 3.8) is 0 Å². The lowest BCUT2D eigenvalue weighted by Gasteiger charge is -2.08. The number of nitrogens with two attached hydrogens (primary N) is 1. The maximum absolute atomic E-state index is 12.1. The number of hydrogen-bond donors (Lipinski definition) is 3. The van der Waals surface area contributed by atoms with Gasteiger partial charge in [0.05, 0.1) is 16.8 Å². The van der Waals surface area contributed by atoms with Crippen molar-refractivity contribution in [2.24, 2.45) is 0 Å². The Morgan fingerprint density at radius 3 is 2.78 bits per heavy atom. The summed E-state index contributed by atoms with van der Waals surface area (Å²) in [5, 5.41) is 13.8. The van der Waals surface area contributed by atoms with E-state index in [1.807, 2.05) is 5.38 Å². The number of amides is 1. The molecule has 3 rings (SSSR count). The van der Waals surface area contributed by atoms with Crippen LogP contribution in [0.5, 0.6) is 0 Å². The molecule has 0 aliphatic heterocycles. The number of nitrogens with zero attached hydrogens (tertiary/aromatic N) is 2. The molecule has 4 N–H and O–H groups in total. The predicted molar refractivity (Wildman–Crippen MR) is 87.8 cm³/mol. The van der Waals surface area contributed by atoms with E-state index in [9.17, 15) is 14.7 Å².